The molecule has 6 nitrogen and oxygen atoms in total. The number of nitrogens with one attached hydrogen (secondary N) is 2. The van der Waals surface area contributed by atoms with Gasteiger partial charge in [-0.2, -0.15) is 0 Å². The van der Waals surface area contributed by atoms with Crippen LogP contribution in [0.25, 0.3) is 0 Å². The number of ether oxygens (including phenoxy) is 2. The average Bonchev–Trinajstić information content (AvgIpc) is 3.46. The summed E-state index contributed by atoms with van der Waals surface area (Å²) in [6.45, 7) is 1.82. The van der Waals surface area contributed by atoms with Gasteiger partial charge in [-0.1, -0.05) is 6.07 Å². The van der Waals surface area contributed by atoms with E-state index in [1.54, 1.807) is 37.4 Å². The molecule has 26 heavy (non-hydrogen) atoms. The number of hydrogen-bond donors (Lipinski definition) is 2. The second-order valence-corrected chi connectivity index (χ2v) is 6.33. The molecule has 1 saturated carbocycles. The summed E-state index contributed by atoms with van der Waals surface area (Å²) < 4.78 is 10.7. The molecule has 0 radical (unpaired) electrons. The summed E-state index contributed by atoms with van der Waals surface area (Å²) in [5.74, 6) is 1.10. The van der Waals surface area contributed by atoms with Gasteiger partial charge in [0, 0.05) is 11.6 Å². The van der Waals surface area contributed by atoms with Crippen molar-refractivity contribution in [2.75, 3.05) is 24.4 Å². The lowest BCUT2D eigenvalue weighted by molar-refractivity contribution is -0.118. The fourth-order valence-electron chi connectivity index (χ4n) is 2.48. The maximum absolute atomic E-state index is 12.1. The average molecular weight is 354 g/mol. The molecule has 0 aromatic heterocycles. The van der Waals surface area contributed by atoms with Crippen molar-refractivity contribution < 1.29 is 19.1 Å². The minimum atomic E-state index is -0.278. The number of amides is 2. The number of carbonyl (C=O) groups excluding carboxylic acids is 2. The Morgan fingerprint density at radius 1 is 1.08 bits per heavy atom. The van der Waals surface area contributed by atoms with Crippen molar-refractivity contribution >= 4 is 23.2 Å². The molecule has 2 N–H and O–H groups in total. The van der Waals surface area contributed by atoms with E-state index in [2.05, 4.69) is 10.6 Å². The van der Waals surface area contributed by atoms with E-state index in [9.17, 15) is 9.59 Å². The molecule has 1 aliphatic rings. The number of rotatable bonds is 7. The molecule has 1 aliphatic carbocycles. The number of hydrogen-bond acceptors (Lipinski definition) is 4. The highest BCUT2D eigenvalue weighted by molar-refractivity contribution is 5.94. The third-order valence-corrected chi connectivity index (χ3v) is 4.07. The van der Waals surface area contributed by atoms with Gasteiger partial charge < -0.3 is 20.1 Å². The van der Waals surface area contributed by atoms with Gasteiger partial charge in [-0.05, 0) is 61.7 Å². The molecule has 0 bridgehead atoms. The van der Waals surface area contributed by atoms with Crippen LogP contribution in [0.3, 0.4) is 0 Å². The molecule has 0 saturated heterocycles. The van der Waals surface area contributed by atoms with E-state index >= 15 is 0 Å². The summed E-state index contributed by atoms with van der Waals surface area (Å²) in [5, 5.41) is 5.64. The number of methoxy groups -OCH3 is 1. The molecule has 2 amide bonds. The molecular weight excluding hydrogens is 332 g/mol. The van der Waals surface area contributed by atoms with Gasteiger partial charge in [0.15, 0.2) is 6.61 Å². The number of anilines is 2. The van der Waals surface area contributed by atoms with Crippen molar-refractivity contribution in [2.45, 2.75) is 19.8 Å². The summed E-state index contributed by atoms with van der Waals surface area (Å²) in [6.07, 6.45) is 1.93. The van der Waals surface area contributed by atoms with Gasteiger partial charge >= 0.3 is 0 Å². The lowest BCUT2D eigenvalue weighted by Gasteiger charge is -2.12. The van der Waals surface area contributed by atoms with Crippen LogP contribution in [0.15, 0.2) is 42.5 Å². The molecule has 0 spiro atoms. The largest absolute Gasteiger partial charge is 0.495 e. The van der Waals surface area contributed by atoms with Gasteiger partial charge in [0.05, 0.1) is 12.8 Å². The molecule has 1 fully saturated rings. The molecule has 0 aliphatic heterocycles. The third-order valence-electron chi connectivity index (χ3n) is 4.07. The van der Waals surface area contributed by atoms with Crippen LogP contribution in [0.2, 0.25) is 0 Å². The van der Waals surface area contributed by atoms with Crippen LogP contribution < -0.4 is 20.1 Å². The second kappa shape index (κ2) is 7.91. The molecule has 0 atom stereocenters. The smallest absolute Gasteiger partial charge is 0.262 e. The Kier molecular flexibility index (Phi) is 5.41. The highest BCUT2D eigenvalue weighted by Gasteiger charge is 2.29. The molecule has 3 rings (SSSR count). The van der Waals surface area contributed by atoms with Gasteiger partial charge in [-0.25, -0.2) is 0 Å². The van der Waals surface area contributed by atoms with Crippen molar-refractivity contribution in [1.29, 1.82) is 0 Å². The minimum Gasteiger partial charge on any atom is -0.495 e. The Hall–Kier alpha value is -3.02. The van der Waals surface area contributed by atoms with Crippen molar-refractivity contribution in [3.8, 4) is 11.5 Å². The van der Waals surface area contributed by atoms with E-state index in [4.69, 9.17) is 9.47 Å². The zero-order valence-electron chi connectivity index (χ0n) is 14.9. The minimum absolute atomic E-state index is 0.0603. The topological polar surface area (TPSA) is 76.7 Å². The zero-order chi connectivity index (χ0) is 18.5. The number of aryl methyl sites for hydroxylation is 1. The lowest BCUT2D eigenvalue weighted by Crippen LogP contribution is -2.20. The van der Waals surface area contributed by atoms with Gasteiger partial charge in [0.2, 0.25) is 5.91 Å². The van der Waals surface area contributed by atoms with Crippen LogP contribution in [-0.4, -0.2) is 25.5 Å². The van der Waals surface area contributed by atoms with Crippen molar-refractivity contribution in [2.24, 2.45) is 5.92 Å². The molecule has 6 heteroatoms. The first-order valence-corrected chi connectivity index (χ1v) is 8.53. The monoisotopic (exact) mass is 354 g/mol. The number of carbonyl (C=O) groups is 2. The fraction of sp³-hybridized carbons (Fsp3) is 0.300. The van der Waals surface area contributed by atoms with Crippen molar-refractivity contribution in [1.82, 2.24) is 0 Å². The first-order chi connectivity index (χ1) is 12.5. The Morgan fingerprint density at radius 3 is 2.46 bits per heavy atom. The van der Waals surface area contributed by atoms with Crippen molar-refractivity contribution in [3.05, 3.63) is 48.0 Å². The molecular formula is C20H22N2O4. The zero-order valence-corrected chi connectivity index (χ0v) is 14.9. The maximum atomic E-state index is 12.1. The van der Waals surface area contributed by atoms with E-state index in [-0.39, 0.29) is 24.3 Å². The van der Waals surface area contributed by atoms with Gasteiger partial charge in [0.1, 0.15) is 11.5 Å². The van der Waals surface area contributed by atoms with E-state index in [0.717, 1.165) is 24.1 Å². The van der Waals surface area contributed by atoms with Gasteiger partial charge in [0.25, 0.3) is 5.91 Å². The Labute approximate surface area is 152 Å². The Bertz CT molecular complexity index is 798. The first-order valence-electron chi connectivity index (χ1n) is 8.53. The van der Waals surface area contributed by atoms with Gasteiger partial charge in [-0.15, -0.1) is 0 Å². The molecule has 0 unspecified atom stereocenters. The second-order valence-electron chi connectivity index (χ2n) is 6.33. The predicted molar refractivity (Wildman–Crippen MR) is 99.7 cm³/mol. The third kappa shape index (κ3) is 4.75. The van der Waals surface area contributed by atoms with Crippen LogP contribution in [0.4, 0.5) is 11.4 Å². The quantitative estimate of drug-likeness (QED) is 0.799. The standard InChI is InChI=1S/C20H22N2O4/c1-13-3-10-18(25-2)17(11-13)22-19(23)12-26-16-8-6-15(7-9-16)21-20(24)14-4-5-14/h3,6-11,14H,4-5,12H2,1-2H3,(H,21,24)(H,22,23). The van der Waals surface area contributed by atoms with Crippen LogP contribution >= 0.6 is 0 Å². The molecule has 0 heterocycles. The summed E-state index contributed by atoms with van der Waals surface area (Å²) >= 11 is 0. The SMILES string of the molecule is COc1ccc(C)cc1NC(=O)COc1ccc(NC(=O)C2CC2)cc1. The van der Waals surface area contributed by atoms with Crippen LogP contribution in [0.1, 0.15) is 18.4 Å². The van der Waals surface area contributed by atoms with E-state index in [1.165, 1.54) is 0 Å². The van der Waals surface area contributed by atoms with Crippen molar-refractivity contribution in [3.63, 3.8) is 0 Å². The van der Waals surface area contributed by atoms with Crippen LogP contribution in [0.5, 0.6) is 11.5 Å². The summed E-state index contributed by atoms with van der Waals surface area (Å²) in [7, 11) is 1.56. The normalized spacial score (nSPS) is 13.0. The van der Waals surface area contributed by atoms with Gasteiger partial charge in [-0.3, -0.25) is 9.59 Å². The summed E-state index contributed by atoms with van der Waals surface area (Å²) in [4.78, 5) is 23.8. The summed E-state index contributed by atoms with van der Waals surface area (Å²) in [6, 6.07) is 12.5. The summed E-state index contributed by atoms with van der Waals surface area (Å²) in [5.41, 5.74) is 2.35. The first kappa shape index (κ1) is 17.8. The fourth-order valence-corrected chi connectivity index (χ4v) is 2.48. The lowest BCUT2D eigenvalue weighted by atomic mass is 10.2. The highest BCUT2D eigenvalue weighted by Crippen LogP contribution is 2.30. The van der Waals surface area contributed by atoms with Crippen LogP contribution in [-0.2, 0) is 9.59 Å². The van der Waals surface area contributed by atoms with E-state index in [1.807, 2.05) is 19.1 Å². The molecule has 2 aromatic carbocycles. The number of benzene rings is 2. The predicted octanol–water partition coefficient (Wildman–Crippen LogP) is 3.37. The van der Waals surface area contributed by atoms with E-state index in [0.29, 0.717) is 17.2 Å². The Balaban J connectivity index is 1.51. The molecule has 2 aromatic rings. The maximum Gasteiger partial charge on any atom is 0.262 e. The Morgan fingerprint density at radius 2 is 1.81 bits per heavy atom. The molecule has 136 valence electrons. The highest BCUT2D eigenvalue weighted by atomic mass is 16.5. The van der Waals surface area contributed by atoms with E-state index < -0.39 is 0 Å². The van der Waals surface area contributed by atoms with Crippen LogP contribution in [0, 0.1) is 12.8 Å².